The minimum absolute atomic E-state index is 0.922. The van der Waals surface area contributed by atoms with E-state index in [1.807, 2.05) is 17.4 Å². The monoisotopic (exact) mass is 680 g/mol. The fourth-order valence-corrected chi connectivity index (χ4v) is 9.91. The van der Waals surface area contributed by atoms with Gasteiger partial charge >= 0.3 is 0 Å². The second kappa shape index (κ2) is 10.5. The molecule has 0 aliphatic carbocycles. The van der Waals surface area contributed by atoms with Crippen LogP contribution < -0.4 is 0 Å². The van der Waals surface area contributed by atoms with Crippen LogP contribution in [0.4, 0.5) is 0 Å². The maximum atomic E-state index is 6.29. The Bertz CT molecular complexity index is 3410. The van der Waals surface area contributed by atoms with Gasteiger partial charge in [-0.2, -0.15) is 0 Å². The molecule has 0 aliphatic heterocycles. The Balaban J connectivity index is 1.13. The van der Waals surface area contributed by atoms with Crippen molar-refractivity contribution in [3.05, 3.63) is 170 Å². The number of fused-ring (bicyclic) bond motifs is 12. The Hall–Kier alpha value is -6.62. The minimum Gasteiger partial charge on any atom is -0.456 e. The summed E-state index contributed by atoms with van der Waals surface area (Å²) >= 11 is 1.87. The second-order valence-electron chi connectivity index (χ2n) is 13.7. The number of furan rings is 1. The lowest BCUT2D eigenvalue weighted by Crippen LogP contribution is -1.95. The number of nitrogens with zero attached hydrogens (tertiary/aromatic N) is 2. The van der Waals surface area contributed by atoms with E-state index in [0.717, 1.165) is 27.9 Å². The third-order valence-corrected chi connectivity index (χ3v) is 12.1. The van der Waals surface area contributed by atoms with Gasteiger partial charge in [-0.05, 0) is 72.3 Å². The van der Waals surface area contributed by atoms with Gasteiger partial charge in [0.1, 0.15) is 11.2 Å². The van der Waals surface area contributed by atoms with E-state index in [2.05, 4.69) is 173 Å². The largest absolute Gasteiger partial charge is 0.456 e. The summed E-state index contributed by atoms with van der Waals surface area (Å²) in [6.45, 7) is 0. The molecule has 0 saturated heterocycles. The zero-order chi connectivity index (χ0) is 33.9. The Labute approximate surface area is 301 Å². The van der Waals surface area contributed by atoms with Crippen molar-refractivity contribution in [2.24, 2.45) is 0 Å². The number of hydrogen-bond acceptors (Lipinski definition) is 2. The first-order chi connectivity index (χ1) is 25.8. The molecule has 0 fully saturated rings. The molecule has 52 heavy (non-hydrogen) atoms. The number of benzene rings is 8. The molecular formula is C48H28N2OS. The average molecular weight is 681 g/mol. The third-order valence-electron chi connectivity index (χ3n) is 10.9. The van der Waals surface area contributed by atoms with E-state index in [1.165, 1.54) is 80.3 Å². The normalized spacial score (nSPS) is 12.2. The molecule has 4 heterocycles. The molecule has 4 aromatic heterocycles. The van der Waals surface area contributed by atoms with Gasteiger partial charge in [0.2, 0.25) is 0 Å². The molecule has 0 radical (unpaired) electrons. The van der Waals surface area contributed by atoms with Crippen molar-refractivity contribution in [1.82, 2.24) is 9.13 Å². The number of aromatic nitrogens is 2. The van der Waals surface area contributed by atoms with Crippen LogP contribution in [-0.4, -0.2) is 9.13 Å². The van der Waals surface area contributed by atoms with Crippen molar-refractivity contribution in [2.75, 3.05) is 0 Å². The summed E-state index contributed by atoms with van der Waals surface area (Å²) in [5.41, 5.74) is 11.4. The first-order valence-corrected chi connectivity index (χ1v) is 18.5. The summed E-state index contributed by atoms with van der Waals surface area (Å²) in [6.07, 6.45) is 0. The lowest BCUT2D eigenvalue weighted by atomic mass is 9.98. The number of thiophene rings is 1. The van der Waals surface area contributed by atoms with Crippen LogP contribution in [0, 0.1) is 0 Å². The van der Waals surface area contributed by atoms with Crippen molar-refractivity contribution in [1.29, 1.82) is 0 Å². The Morgan fingerprint density at radius 1 is 0.365 bits per heavy atom. The lowest BCUT2D eigenvalue weighted by molar-refractivity contribution is 0.669. The summed E-state index contributed by atoms with van der Waals surface area (Å²) in [7, 11) is 0. The zero-order valence-electron chi connectivity index (χ0n) is 27.9. The van der Waals surface area contributed by atoms with Crippen molar-refractivity contribution in [3.63, 3.8) is 0 Å². The molecule has 0 amide bonds. The third kappa shape index (κ3) is 3.79. The highest BCUT2D eigenvalue weighted by Crippen LogP contribution is 2.45. The predicted octanol–water partition coefficient (Wildman–Crippen LogP) is 13.8. The molecule has 12 rings (SSSR count). The molecule has 8 aromatic carbocycles. The number of para-hydroxylation sites is 4. The fraction of sp³-hybridized carbons (Fsp3) is 0. The average Bonchev–Trinajstić information content (AvgIpc) is 3.94. The summed E-state index contributed by atoms with van der Waals surface area (Å²) in [6, 6.07) is 61.7. The second-order valence-corrected chi connectivity index (χ2v) is 14.7. The Morgan fingerprint density at radius 3 is 1.77 bits per heavy atom. The Kier molecular flexibility index (Phi) is 5.65. The van der Waals surface area contributed by atoms with E-state index in [0.29, 0.717) is 0 Å². The van der Waals surface area contributed by atoms with Gasteiger partial charge in [-0.1, -0.05) is 103 Å². The molecule has 242 valence electrons. The van der Waals surface area contributed by atoms with Crippen LogP contribution in [0.15, 0.2) is 174 Å². The quantitative estimate of drug-likeness (QED) is 0.182. The highest BCUT2D eigenvalue weighted by molar-refractivity contribution is 7.26. The molecule has 0 saturated carbocycles. The molecule has 0 unspecified atom stereocenters. The maximum absolute atomic E-state index is 6.29. The van der Waals surface area contributed by atoms with Crippen LogP contribution in [0.25, 0.3) is 108 Å². The van der Waals surface area contributed by atoms with Crippen molar-refractivity contribution in [2.45, 2.75) is 0 Å². The van der Waals surface area contributed by atoms with Crippen molar-refractivity contribution < 1.29 is 4.42 Å². The highest BCUT2D eigenvalue weighted by Gasteiger charge is 2.20. The molecule has 0 N–H and O–H groups in total. The van der Waals surface area contributed by atoms with Gasteiger partial charge < -0.3 is 13.6 Å². The van der Waals surface area contributed by atoms with Gasteiger partial charge in [-0.25, -0.2) is 0 Å². The van der Waals surface area contributed by atoms with Crippen LogP contribution >= 0.6 is 11.3 Å². The smallest absolute Gasteiger partial charge is 0.136 e. The SMILES string of the molecule is c1ccc(-n2c3ccccc3c3cc4c5ccccc5n(-c5ccc6sc7c(-c8cccc9oc%10ccccc%10c89)cccc7c6c5)c4cc32)cc1. The number of rotatable bonds is 3. The van der Waals surface area contributed by atoms with E-state index >= 15 is 0 Å². The molecular weight excluding hydrogens is 653 g/mol. The standard InChI is InChI=1S/C48H28N2OS/c1-2-12-29(13-3-1)49-40-20-7-4-14-31(40)37-27-38-32-15-5-8-21-41(32)50(43(38)28-42(37)49)30-24-25-46-39(26-30)35-19-10-18-34(48(35)52-46)33-17-11-23-45-47(33)36-16-6-9-22-44(36)51-45/h1-28H. The minimum atomic E-state index is 0.922. The molecule has 0 atom stereocenters. The maximum Gasteiger partial charge on any atom is 0.136 e. The van der Waals surface area contributed by atoms with E-state index < -0.39 is 0 Å². The van der Waals surface area contributed by atoms with Gasteiger partial charge in [0, 0.05) is 69.4 Å². The molecule has 4 heteroatoms. The predicted molar refractivity (Wildman–Crippen MR) is 221 cm³/mol. The van der Waals surface area contributed by atoms with Gasteiger partial charge in [0.25, 0.3) is 0 Å². The molecule has 3 nitrogen and oxygen atoms in total. The van der Waals surface area contributed by atoms with Crippen LogP contribution in [0.2, 0.25) is 0 Å². The first kappa shape index (κ1) is 28.1. The van der Waals surface area contributed by atoms with Crippen molar-refractivity contribution >= 4 is 97.1 Å². The first-order valence-electron chi connectivity index (χ1n) is 17.7. The molecule has 0 aliphatic rings. The van der Waals surface area contributed by atoms with Crippen LogP contribution in [0.1, 0.15) is 0 Å². The topological polar surface area (TPSA) is 23.0 Å². The summed E-state index contributed by atoms with van der Waals surface area (Å²) in [5, 5.41) is 9.92. The van der Waals surface area contributed by atoms with Gasteiger partial charge in [0.05, 0.1) is 22.1 Å². The van der Waals surface area contributed by atoms with E-state index in [4.69, 9.17) is 4.42 Å². The highest BCUT2D eigenvalue weighted by atomic mass is 32.1. The summed E-state index contributed by atoms with van der Waals surface area (Å²) < 4.78 is 13.7. The van der Waals surface area contributed by atoms with E-state index in [-0.39, 0.29) is 0 Å². The lowest BCUT2D eigenvalue weighted by Gasteiger charge is -2.10. The van der Waals surface area contributed by atoms with Crippen LogP contribution in [-0.2, 0) is 0 Å². The molecule has 0 bridgehead atoms. The fourth-order valence-electron chi connectivity index (χ4n) is 8.70. The van der Waals surface area contributed by atoms with Crippen molar-refractivity contribution in [3.8, 4) is 22.5 Å². The van der Waals surface area contributed by atoms with Crippen LogP contribution in [0.5, 0.6) is 0 Å². The number of hydrogen-bond donors (Lipinski definition) is 0. The van der Waals surface area contributed by atoms with E-state index in [9.17, 15) is 0 Å². The zero-order valence-corrected chi connectivity index (χ0v) is 28.7. The van der Waals surface area contributed by atoms with E-state index in [1.54, 1.807) is 0 Å². The molecule has 0 spiro atoms. The molecule has 12 aromatic rings. The van der Waals surface area contributed by atoms with Gasteiger partial charge in [-0.3, -0.25) is 0 Å². The van der Waals surface area contributed by atoms with Crippen LogP contribution in [0.3, 0.4) is 0 Å². The summed E-state index contributed by atoms with van der Waals surface area (Å²) in [5.74, 6) is 0. The van der Waals surface area contributed by atoms with Gasteiger partial charge in [-0.15, -0.1) is 11.3 Å². The summed E-state index contributed by atoms with van der Waals surface area (Å²) in [4.78, 5) is 0. The Morgan fingerprint density at radius 2 is 0.981 bits per heavy atom. The van der Waals surface area contributed by atoms with Gasteiger partial charge in [0.15, 0.2) is 0 Å².